The number of carbonyl (C=O) groups excluding carboxylic acids is 2. The number of hydrogen-bond donors (Lipinski definition) is 2. The second kappa shape index (κ2) is 12.3. The second-order valence-corrected chi connectivity index (χ2v) is 10.6. The van der Waals surface area contributed by atoms with Crippen molar-refractivity contribution in [2.45, 2.75) is 63.8 Å². The summed E-state index contributed by atoms with van der Waals surface area (Å²) in [7, 11) is 0. The monoisotopic (exact) mass is 627 g/mol. The zero-order chi connectivity index (χ0) is 32.3. The lowest BCUT2D eigenvalue weighted by molar-refractivity contribution is -0.295. The molecule has 2 aromatic heterocycles. The number of benzene rings is 1. The Morgan fingerprint density at radius 2 is 1.75 bits per heavy atom. The molecule has 4 rings (SSSR count). The van der Waals surface area contributed by atoms with Crippen molar-refractivity contribution in [2.75, 3.05) is 11.9 Å². The maximum atomic E-state index is 14.8. The molecule has 1 atom stereocenters. The summed E-state index contributed by atoms with van der Waals surface area (Å²) in [5.41, 5.74) is -7.96. The normalized spacial score (nSPS) is 18.6. The third-order valence-corrected chi connectivity index (χ3v) is 6.11. The van der Waals surface area contributed by atoms with E-state index in [1.54, 1.807) is 30.3 Å². The molecule has 0 saturated carbocycles. The van der Waals surface area contributed by atoms with Gasteiger partial charge >= 0.3 is 18.4 Å². The van der Waals surface area contributed by atoms with Gasteiger partial charge in [-0.05, 0) is 38.8 Å². The van der Waals surface area contributed by atoms with Crippen LogP contribution in [-0.2, 0) is 27.9 Å². The third kappa shape index (κ3) is 7.35. The molecule has 1 unspecified atom stereocenters. The average molecular weight is 628 g/mol. The van der Waals surface area contributed by atoms with Crippen molar-refractivity contribution in [1.82, 2.24) is 20.5 Å². The zero-order valence-electron chi connectivity index (χ0n) is 23.6. The Morgan fingerprint density at radius 1 is 1.05 bits per heavy atom. The van der Waals surface area contributed by atoms with Gasteiger partial charge < -0.3 is 19.2 Å². The lowest BCUT2D eigenvalue weighted by Crippen LogP contribution is -2.45. The summed E-state index contributed by atoms with van der Waals surface area (Å²) in [4.78, 5) is 29.1. The highest BCUT2D eigenvalue weighted by molar-refractivity contribution is 5.97. The molecule has 0 saturated heterocycles. The van der Waals surface area contributed by atoms with E-state index in [1.807, 2.05) is 0 Å². The van der Waals surface area contributed by atoms with Crippen molar-refractivity contribution in [2.24, 2.45) is 0 Å². The van der Waals surface area contributed by atoms with Crippen LogP contribution >= 0.6 is 0 Å². The number of nitrogens with one attached hydrogen (secondary N) is 2. The van der Waals surface area contributed by atoms with E-state index in [9.17, 15) is 35.9 Å². The van der Waals surface area contributed by atoms with Crippen LogP contribution in [0.2, 0.25) is 0 Å². The Balaban J connectivity index is 1.92. The van der Waals surface area contributed by atoms with E-state index < -0.39 is 83.0 Å². The van der Waals surface area contributed by atoms with Gasteiger partial charge in [-0.15, -0.1) is 10.2 Å². The number of nitrogens with zero attached hydrogens (tertiary/aromatic N) is 3. The van der Waals surface area contributed by atoms with Gasteiger partial charge in [-0.2, -0.15) is 26.3 Å². The number of aromatic nitrogens is 3. The molecule has 0 aliphatic carbocycles. The van der Waals surface area contributed by atoms with Crippen molar-refractivity contribution in [3.05, 3.63) is 71.3 Å². The fourth-order valence-electron chi connectivity index (χ4n) is 4.08. The van der Waals surface area contributed by atoms with Crippen LogP contribution in [0, 0.1) is 0 Å². The van der Waals surface area contributed by atoms with E-state index in [0.717, 1.165) is 6.08 Å². The Bertz CT molecular complexity index is 1530. The number of halogens is 6. The predicted octanol–water partition coefficient (Wildman–Crippen LogP) is 6.55. The van der Waals surface area contributed by atoms with Gasteiger partial charge in [-0.25, -0.2) is 9.78 Å². The number of amides is 2. The van der Waals surface area contributed by atoms with Gasteiger partial charge in [-0.1, -0.05) is 42.5 Å². The van der Waals surface area contributed by atoms with Crippen LogP contribution in [0.4, 0.5) is 36.8 Å². The van der Waals surface area contributed by atoms with E-state index in [-0.39, 0.29) is 13.0 Å². The maximum absolute atomic E-state index is 14.8. The maximum Gasteiger partial charge on any atom is 0.426 e. The molecule has 4 bridgehead atoms. The molecule has 2 amide bonds. The first kappa shape index (κ1) is 32.4. The summed E-state index contributed by atoms with van der Waals surface area (Å²) in [6, 6.07) is 8.38. The fraction of sp³-hybridized carbons (Fsp3) is 0.393. The first-order chi connectivity index (χ1) is 20.5. The van der Waals surface area contributed by atoms with E-state index >= 15 is 0 Å². The van der Waals surface area contributed by atoms with E-state index in [2.05, 4.69) is 25.8 Å². The van der Waals surface area contributed by atoms with Crippen molar-refractivity contribution >= 4 is 17.7 Å². The summed E-state index contributed by atoms with van der Waals surface area (Å²) in [6.45, 7) is 3.74. The number of pyridine rings is 1. The molecule has 0 fully saturated rings. The molecule has 2 N–H and O–H groups in total. The van der Waals surface area contributed by atoms with Crippen molar-refractivity contribution in [3.63, 3.8) is 0 Å². The number of hydrogen-bond acceptors (Lipinski definition) is 8. The fourth-order valence-corrected chi connectivity index (χ4v) is 4.08. The highest BCUT2D eigenvalue weighted by atomic mass is 19.4. The minimum Gasteiger partial charge on any atom is -0.444 e. The summed E-state index contributed by atoms with van der Waals surface area (Å²) in [5, 5.41) is 11.5. The third-order valence-electron chi connectivity index (χ3n) is 6.11. The summed E-state index contributed by atoms with van der Waals surface area (Å²) < 4.78 is 103. The summed E-state index contributed by atoms with van der Waals surface area (Å²) >= 11 is 0. The molecule has 16 heteroatoms. The highest BCUT2D eigenvalue weighted by Crippen LogP contribution is 2.46. The molecular formula is C28H27F6N5O5. The molecule has 1 aliphatic heterocycles. The molecule has 0 radical (unpaired) electrons. The van der Waals surface area contributed by atoms with Gasteiger partial charge in [0.2, 0.25) is 5.60 Å². The Morgan fingerprint density at radius 3 is 2.39 bits per heavy atom. The summed E-state index contributed by atoms with van der Waals surface area (Å²) in [5.74, 6) is -3.14. The Hall–Kier alpha value is -4.47. The van der Waals surface area contributed by atoms with Crippen molar-refractivity contribution in [3.8, 4) is 11.6 Å². The van der Waals surface area contributed by atoms with E-state index in [1.165, 1.54) is 26.8 Å². The Kier molecular flexibility index (Phi) is 9.04. The molecule has 3 heterocycles. The van der Waals surface area contributed by atoms with Crippen LogP contribution in [0.3, 0.4) is 0 Å². The lowest BCUT2D eigenvalue weighted by Gasteiger charge is -2.31. The standard InChI is InChI=1S/C28H27F6N5O5/c1-25(2,3)44-24(41)36-18-14-17(27(29,30)31)19-21(40)35-13-9-5-8-12-26(28(32,33)34,42-15-16-10-6-4-7-11-16)23-39-38-22(43-23)20(18)37-19/h4-8,10-11,14H,9,12-13,15H2,1-3H3,(H,35,40)(H,36,41)/b8-5+. The predicted molar refractivity (Wildman–Crippen MR) is 142 cm³/mol. The molecule has 10 nitrogen and oxygen atoms in total. The van der Waals surface area contributed by atoms with Crippen LogP contribution in [0.5, 0.6) is 0 Å². The first-order valence-corrected chi connectivity index (χ1v) is 13.1. The minimum atomic E-state index is -5.13. The second-order valence-electron chi connectivity index (χ2n) is 10.6. The van der Waals surface area contributed by atoms with Crippen LogP contribution < -0.4 is 10.6 Å². The number of rotatable bonds is 4. The van der Waals surface area contributed by atoms with E-state index in [4.69, 9.17) is 13.9 Å². The van der Waals surface area contributed by atoms with E-state index in [0.29, 0.717) is 11.6 Å². The number of anilines is 1. The van der Waals surface area contributed by atoms with Crippen LogP contribution in [0.1, 0.15) is 61.1 Å². The van der Waals surface area contributed by atoms with Crippen molar-refractivity contribution in [1.29, 1.82) is 0 Å². The lowest BCUT2D eigenvalue weighted by atomic mass is 9.97. The summed E-state index contributed by atoms with van der Waals surface area (Å²) in [6.07, 6.45) is -9.92. The largest absolute Gasteiger partial charge is 0.444 e. The van der Waals surface area contributed by atoms with Gasteiger partial charge in [-0.3, -0.25) is 10.1 Å². The zero-order valence-corrected chi connectivity index (χ0v) is 23.6. The van der Waals surface area contributed by atoms with Gasteiger partial charge in [0.1, 0.15) is 11.3 Å². The molecule has 1 aromatic carbocycles. The highest BCUT2D eigenvalue weighted by Gasteiger charge is 2.61. The smallest absolute Gasteiger partial charge is 0.426 e. The molecule has 44 heavy (non-hydrogen) atoms. The molecule has 236 valence electrons. The quantitative estimate of drug-likeness (QED) is 0.246. The number of carbonyl (C=O) groups is 2. The first-order valence-electron chi connectivity index (χ1n) is 13.1. The van der Waals surface area contributed by atoms with Gasteiger partial charge in [0, 0.05) is 13.0 Å². The molecule has 0 spiro atoms. The molecular weight excluding hydrogens is 600 g/mol. The SMILES string of the molecule is CC(C)(C)OC(=O)Nc1cc(C(F)(F)F)c2nc1-c1nnc(o1)C(OCc1ccccc1)(C(F)(F)F)C/C=C/CCNC2=O. The van der Waals surface area contributed by atoms with Crippen LogP contribution in [-0.4, -0.2) is 45.5 Å². The molecule has 3 aromatic rings. The van der Waals surface area contributed by atoms with Crippen LogP contribution in [0.25, 0.3) is 11.6 Å². The van der Waals surface area contributed by atoms with Gasteiger partial charge in [0.15, 0.2) is 5.69 Å². The minimum absolute atomic E-state index is 0.0417. The van der Waals surface area contributed by atoms with Crippen LogP contribution in [0.15, 0.2) is 53.0 Å². The average Bonchev–Trinajstić information content (AvgIpc) is 3.40. The number of ether oxygens (including phenoxy) is 2. The topological polar surface area (TPSA) is 128 Å². The number of fused-ring (bicyclic) bond motifs is 5. The Labute approximate surface area is 246 Å². The van der Waals surface area contributed by atoms with Gasteiger partial charge in [0.25, 0.3) is 17.7 Å². The van der Waals surface area contributed by atoms with Gasteiger partial charge in [0.05, 0.1) is 17.9 Å². The number of alkyl halides is 6. The molecule has 1 aliphatic rings. The van der Waals surface area contributed by atoms with Crippen molar-refractivity contribution < 1.29 is 49.8 Å².